The summed E-state index contributed by atoms with van der Waals surface area (Å²) in [6, 6.07) is 16.2. The molecule has 2 fully saturated rings. The second-order valence-corrected chi connectivity index (χ2v) is 12.0. The van der Waals surface area contributed by atoms with Gasteiger partial charge in [-0.2, -0.15) is 10.2 Å². The summed E-state index contributed by atoms with van der Waals surface area (Å²) in [4.78, 5) is 34.1. The van der Waals surface area contributed by atoms with E-state index in [1.165, 1.54) is 33.5 Å². The highest BCUT2D eigenvalue weighted by Gasteiger charge is 2.39. The number of carbonyl (C=O) groups is 1. The van der Waals surface area contributed by atoms with Crippen LogP contribution >= 0.6 is 0 Å². The van der Waals surface area contributed by atoms with Crippen molar-refractivity contribution in [2.24, 2.45) is 0 Å². The Kier molecular flexibility index (Phi) is 6.40. The van der Waals surface area contributed by atoms with Gasteiger partial charge in [0.25, 0.3) is 0 Å². The largest absolute Gasteiger partial charge is 0.352 e. The van der Waals surface area contributed by atoms with E-state index in [1.54, 1.807) is 4.90 Å². The monoisotopic (exact) mass is 548 g/mol. The van der Waals surface area contributed by atoms with Crippen LogP contribution in [0.2, 0.25) is 0 Å². The van der Waals surface area contributed by atoms with Crippen LogP contribution in [-0.2, 0) is 24.3 Å². The van der Waals surface area contributed by atoms with Gasteiger partial charge in [-0.25, -0.2) is 4.98 Å². The van der Waals surface area contributed by atoms with E-state index >= 15 is 0 Å². The van der Waals surface area contributed by atoms with Gasteiger partial charge in [-0.3, -0.25) is 9.69 Å². The summed E-state index contributed by atoms with van der Waals surface area (Å²) >= 11 is 0. The lowest BCUT2D eigenvalue weighted by molar-refractivity contribution is -0.128. The van der Waals surface area contributed by atoms with Crippen LogP contribution in [0.15, 0.2) is 49.1 Å². The van der Waals surface area contributed by atoms with E-state index in [0.29, 0.717) is 31.7 Å². The van der Waals surface area contributed by atoms with E-state index in [-0.39, 0.29) is 18.4 Å². The first-order chi connectivity index (χ1) is 19.9. The van der Waals surface area contributed by atoms with Gasteiger partial charge in [-0.1, -0.05) is 43.0 Å². The Morgan fingerprint density at radius 3 is 2.66 bits per heavy atom. The van der Waals surface area contributed by atoms with E-state index in [9.17, 15) is 10.1 Å². The predicted molar refractivity (Wildman–Crippen MR) is 160 cm³/mol. The molecule has 3 aliphatic heterocycles. The molecule has 2 aromatic carbocycles. The quantitative estimate of drug-likeness (QED) is 0.435. The van der Waals surface area contributed by atoms with E-state index < -0.39 is 0 Å². The lowest BCUT2D eigenvalue weighted by atomic mass is 10.0. The molecule has 0 bridgehead atoms. The van der Waals surface area contributed by atoms with Gasteiger partial charge in [-0.05, 0) is 48.5 Å². The van der Waals surface area contributed by atoms with Gasteiger partial charge < -0.3 is 19.6 Å². The normalized spacial score (nSPS) is 22.2. The Morgan fingerprint density at radius 2 is 1.90 bits per heavy atom. The number of amides is 1. The topological polar surface area (TPSA) is 82.8 Å². The highest BCUT2D eigenvalue weighted by molar-refractivity contribution is 5.91. The average molecular weight is 549 g/mol. The molecule has 1 aromatic heterocycles. The number of hydrogen-bond donors (Lipinski definition) is 0. The van der Waals surface area contributed by atoms with Crippen LogP contribution in [-0.4, -0.2) is 89.5 Å². The zero-order chi connectivity index (χ0) is 28.2. The smallest absolute Gasteiger partial charge is 0.246 e. The molecule has 9 nitrogen and oxygen atoms in total. The van der Waals surface area contributed by atoms with E-state index in [2.05, 4.69) is 82.7 Å². The van der Waals surface area contributed by atoms with Gasteiger partial charge in [0.2, 0.25) is 11.9 Å². The fourth-order valence-corrected chi connectivity index (χ4v) is 7.09. The van der Waals surface area contributed by atoms with Crippen LogP contribution in [0.25, 0.3) is 10.8 Å². The third-order valence-corrected chi connectivity index (χ3v) is 9.45. The highest BCUT2D eigenvalue weighted by atomic mass is 16.2. The van der Waals surface area contributed by atoms with Crippen LogP contribution in [0.5, 0.6) is 0 Å². The van der Waals surface area contributed by atoms with E-state index in [4.69, 9.17) is 9.97 Å². The molecule has 1 amide bonds. The minimum atomic E-state index is -0.199. The first-order valence-electron chi connectivity index (χ1n) is 14.6. The number of fused-ring (bicyclic) bond motifs is 1. The Labute approximate surface area is 241 Å². The second kappa shape index (κ2) is 10.1. The third-order valence-electron chi connectivity index (χ3n) is 9.45. The Morgan fingerprint density at radius 1 is 1.10 bits per heavy atom. The predicted octanol–water partition coefficient (Wildman–Crippen LogP) is 3.11. The molecule has 9 heteroatoms. The molecule has 3 aromatic rings. The fraction of sp³-hybridized carbons (Fsp3) is 0.438. The number of nitrogens with zero attached hydrogens (tertiary/aromatic N) is 8. The summed E-state index contributed by atoms with van der Waals surface area (Å²) in [7, 11) is 4.24. The molecule has 210 valence electrons. The van der Waals surface area contributed by atoms with Crippen LogP contribution in [0.4, 0.5) is 11.8 Å². The summed E-state index contributed by atoms with van der Waals surface area (Å²) in [5, 5.41) is 12.3. The molecule has 0 N–H and O–H groups in total. The number of anilines is 2. The van der Waals surface area contributed by atoms with Crippen molar-refractivity contribution in [3.05, 3.63) is 71.4 Å². The summed E-state index contributed by atoms with van der Waals surface area (Å²) in [5.74, 6) is 1.63. The highest BCUT2D eigenvalue weighted by Crippen LogP contribution is 2.44. The molecule has 0 saturated carbocycles. The van der Waals surface area contributed by atoms with Gasteiger partial charge in [0, 0.05) is 63.5 Å². The molecule has 1 aliphatic carbocycles. The maximum Gasteiger partial charge on any atom is 0.246 e. The van der Waals surface area contributed by atoms with Crippen molar-refractivity contribution < 1.29 is 4.79 Å². The molecular formula is C32H36N8O. The van der Waals surface area contributed by atoms with Crippen molar-refractivity contribution in [2.75, 3.05) is 56.6 Å². The number of rotatable bonds is 6. The van der Waals surface area contributed by atoms with Gasteiger partial charge >= 0.3 is 0 Å². The molecule has 4 aliphatic rings. The molecule has 0 radical (unpaired) electrons. The van der Waals surface area contributed by atoms with E-state index in [1.807, 2.05) is 0 Å². The van der Waals surface area contributed by atoms with Crippen LogP contribution in [0.3, 0.4) is 0 Å². The van der Waals surface area contributed by atoms with Crippen LogP contribution < -0.4 is 9.80 Å². The zero-order valence-electron chi connectivity index (χ0n) is 23.8. The number of benzene rings is 2. The molecule has 0 unspecified atom stereocenters. The van der Waals surface area contributed by atoms with Gasteiger partial charge in [0.05, 0.1) is 24.2 Å². The number of likely N-dealkylation sites (N-methyl/N-ethyl adjacent to an activating group) is 1. The van der Waals surface area contributed by atoms with Gasteiger partial charge in [0.15, 0.2) is 0 Å². The number of hydrogen-bond acceptors (Lipinski definition) is 8. The van der Waals surface area contributed by atoms with Gasteiger partial charge in [-0.15, -0.1) is 0 Å². The van der Waals surface area contributed by atoms with Crippen molar-refractivity contribution >= 4 is 28.4 Å². The van der Waals surface area contributed by atoms with E-state index in [0.717, 1.165) is 50.1 Å². The third kappa shape index (κ3) is 4.33. The molecule has 2 atom stereocenters. The number of piperazine rings is 1. The Balaban J connectivity index is 1.22. The van der Waals surface area contributed by atoms with Crippen molar-refractivity contribution in [1.29, 1.82) is 5.26 Å². The summed E-state index contributed by atoms with van der Waals surface area (Å²) in [6.45, 7) is 8.85. The number of nitriles is 1. The molecule has 4 heterocycles. The molecular weight excluding hydrogens is 512 g/mol. The Bertz CT molecular complexity index is 1570. The molecule has 0 spiro atoms. The lowest BCUT2D eigenvalue weighted by Gasteiger charge is -2.44. The molecule has 41 heavy (non-hydrogen) atoms. The minimum Gasteiger partial charge on any atom is -0.352 e. The second-order valence-electron chi connectivity index (χ2n) is 12.0. The van der Waals surface area contributed by atoms with Crippen LogP contribution in [0, 0.1) is 11.3 Å². The average Bonchev–Trinajstić information content (AvgIpc) is 3.54. The maximum absolute atomic E-state index is 12.6. The minimum absolute atomic E-state index is 0.116. The molecule has 2 saturated heterocycles. The zero-order valence-corrected chi connectivity index (χ0v) is 23.8. The maximum atomic E-state index is 12.6. The Hall–Kier alpha value is -4.00. The van der Waals surface area contributed by atoms with Crippen molar-refractivity contribution in [1.82, 2.24) is 24.7 Å². The van der Waals surface area contributed by atoms with Gasteiger partial charge in [0.1, 0.15) is 5.82 Å². The van der Waals surface area contributed by atoms with Crippen molar-refractivity contribution in [3.8, 4) is 6.07 Å². The summed E-state index contributed by atoms with van der Waals surface area (Å²) in [5.41, 5.74) is 5.11. The number of aromatic nitrogens is 2. The molecule has 7 rings (SSSR count). The summed E-state index contributed by atoms with van der Waals surface area (Å²) < 4.78 is 0. The first kappa shape index (κ1) is 25.9. The fourth-order valence-electron chi connectivity index (χ4n) is 7.09. The van der Waals surface area contributed by atoms with Crippen LogP contribution in [0.1, 0.15) is 34.8 Å². The number of carbonyl (C=O) groups excluding carboxylic acids is 1. The lowest BCUT2D eigenvalue weighted by Crippen LogP contribution is -2.58. The first-order valence-corrected chi connectivity index (χ1v) is 14.6. The van der Waals surface area contributed by atoms with Crippen molar-refractivity contribution in [3.63, 3.8) is 0 Å². The van der Waals surface area contributed by atoms with Crippen molar-refractivity contribution in [2.45, 2.75) is 44.1 Å². The summed E-state index contributed by atoms with van der Waals surface area (Å²) in [6.07, 6.45) is 2.64. The standard InChI is InChI=1S/C32H36N8O/c1-4-29(41)40-14-13-37(16-23(40)11-12-33)31-26-19-38(20-27(26)34-32(35-31)39-17-24(18-39)36(2)3)28-15-22-9-5-7-21-8-6-10-25(28)30(21)22/h4-10,23-24,28H,1,11,13-20H2,2-3H3/t23-,28+/m0/s1. The SMILES string of the molecule is C=CC(=O)N1CCN(c2nc(N3CC(N(C)C)C3)nc3c2CN([C@@H]2Cc4cccc5cccc2c45)C3)C[C@@H]1CC#N.